The minimum absolute atomic E-state index is 0.191. The molecule has 0 amide bonds. The van der Waals surface area contributed by atoms with E-state index in [-0.39, 0.29) is 5.95 Å². The highest BCUT2D eigenvalue weighted by atomic mass is 32.2. The number of hydrogen-bond donors (Lipinski definition) is 2. The summed E-state index contributed by atoms with van der Waals surface area (Å²) in [4.78, 5) is 12.7. The number of nitrogens with one attached hydrogen (secondary N) is 1. The van der Waals surface area contributed by atoms with Crippen LogP contribution in [-0.4, -0.2) is 31.4 Å². The normalized spacial score (nSPS) is 10.7. The van der Waals surface area contributed by atoms with E-state index in [1.54, 1.807) is 23.1 Å². The number of hydrogen-bond acceptors (Lipinski definition) is 10. The fourth-order valence-electron chi connectivity index (χ4n) is 1.67. The highest BCUT2D eigenvalue weighted by Gasteiger charge is 2.08. The van der Waals surface area contributed by atoms with Crippen LogP contribution < -0.4 is 11.1 Å². The molecule has 0 fully saturated rings. The summed E-state index contributed by atoms with van der Waals surface area (Å²) in [6.45, 7) is 0. The van der Waals surface area contributed by atoms with E-state index in [9.17, 15) is 0 Å². The van der Waals surface area contributed by atoms with Crippen LogP contribution in [0.4, 0.5) is 17.6 Å². The van der Waals surface area contributed by atoms with Crippen molar-refractivity contribution in [2.24, 2.45) is 0 Å². The molecule has 118 valence electrons. The summed E-state index contributed by atoms with van der Waals surface area (Å²) >= 11 is 4.66. The molecule has 2 heterocycles. The first-order chi connectivity index (χ1) is 11.2. The summed E-state index contributed by atoms with van der Waals surface area (Å²) in [5, 5.41) is 11.3. The molecule has 10 heteroatoms. The van der Waals surface area contributed by atoms with Crippen LogP contribution in [0.25, 0.3) is 0 Å². The molecule has 7 nitrogen and oxygen atoms in total. The Morgan fingerprint density at radius 3 is 2.61 bits per heavy atom. The number of rotatable bonds is 6. The third-order valence-corrected chi connectivity index (χ3v) is 5.64. The summed E-state index contributed by atoms with van der Waals surface area (Å²) in [6.07, 6.45) is 1.98. The second-order valence-electron chi connectivity index (χ2n) is 4.25. The van der Waals surface area contributed by atoms with Crippen LogP contribution in [0.5, 0.6) is 0 Å². The van der Waals surface area contributed by atoms with E-state index in [1.807, 2.05) is 36.6 Å². The standard InChI is InChI=1S/C13H13N7S3/c1-21-12-19-20-13(23-12)22-7-9-16-10(14)18-11(17-9)15-8-5-3-2-4-6-8/h2-6H,7H2,1H3,(H3,14,15,16,17,18). The smallest absolute Gasteiger partial charge is 0.232 e. The van der Waals surface area contributed by atoms with Crippen LogP contribution in [0.1, 0.15) is 5.82 Å². The molecule has 23 heavy (non-hydrogen) atoms. The molecule has 1 aromatic carbocycles. The van der Waals surface area contributed by atoms with E-state index in [0.717, 1.165) is 14.4 Å². The largest absolute Gasteiger partial charge is 0.368 e. The van der Waals surface area contributed by atoms with Gasteiger partial charge in [-0.05, 0) is 18.4 Å². The van der Waals surface area contributed by atoms with Gasteiger partial charge in [-0.25, -0.2) is 0 Å². The van der Waals surface area contributed by atoms with Crippen molar-refractivity contribution in [3.63, 3.8) is 0 Å². The van der Waals surface area contributed by atoms with Crippen molar-refractivity contribution in [1.29, 1.82) is 0 Å². The zero-order valence-corrected chi connectivity index (χ0v) is 14.6. The maximum atomic E-state index is 5.77. The molecule has 0 atom stereocenters. The molecule has 2 aromatic heterocycles. The summed E-state index contributed by atoms with van der Waals surface area (Å²) in [5.41, 5.74) is 6.66. The minimum atomic E-state index is 0.191. The average Bonchev–Trinajstić information content (AvgIpc) is 3.01. The Morgan fingerprint density at radius 1 is 1.09 bits per heavy atom. The summed E-state index contributed by atoms with van der Waals surface area (Å²) in [7, 11) is 0. The molecule has 0 aliphatic carbocycles. The predicted molar refractivity (Wildman–Crippen MR) is 95.2 cm³/mol. The fourth-order valence-corrected chi connectivity index (χ4v) is 3.97. The summed E-state index contributed by atoms with van der Waals surface area (Å²) < 4.78 is 1.82. The molecule has 0 aliphatic heterocycles. The first kappa shape index (κ1) is 16.0. The van der Waals surface area contributed by atoms with E-state index < -0.39 is 0 Å². The van der Waals surface area contributed by atoms with Crippen molar-refractivity contribution in [1.82, 2.24) is 25.1 Å². The second-order valence-corrected chi connectivity index (χ2v) is 7.50. The SMILES string of the molecule is CSc1nnc(SCc2nc(N)nc(Nc3ccccc3)n2)s1. The summed E-state index contributed by atoms with van der Waals surface area (Å²) in [6, 6.07) is 9.67. The Hall–Kier alpha value is -1.91. The first-order valence-electron chi connectivity index (χ1n) is 6.56. The van der Waals surface area contributed by atoms with Crippen molar-refractivity contribution in [3.8, 4) is 0 Å². The number of nitrogens with zero attached hydrogens (tertiary/aromatic N) is 5. The number of aromatic nitrogens is 5. The quantitative estimate of drug-likeness (QED) is 0.639. The van der Waals surface area contributed by atoms with E-state index in [1.165, 1.54) is 11.8 Å². The summed E-state index contributed by atoms with van der Waals surface area (Å²) in [5.74, 6) is 1.78. The maximum Gasteiger partial charge on any atom is 0.232 e. The Bertz CT molecular complexity index is 778. The van der Waals surface area contributed by atoms with Crippen LogP contribution in [-0.2, 0) is 5.75 Å². The number of nitrogen functional groups attached to an aromatic ring is 1. The molecule has 0 unspecified atom stereocenters. The lowest BCUT2D eigenvalue weighted by molar-refractivity contribution is 0.949. The number of nitrogens with two attached hydrogens (primary N) is 1. The molecule has 3 N–H and O–H groups in total. The molecular weight excluding hydrogens is 350 g/mol. The van der Waals surface area contributed by atoms with Crippen LogP contribution >= 0.6 is 34.9 Å². The highest BCUT2D eigenvalue weighted by Crippen LogP contribution is 2.29. The third kappa shape index (κ3) is 4.53. The van der Waals surface area contributed by atoms with Gasteiger partial charge in [0.05, 0.1) is 5.75 Å². The number of para-hydroxylation sites is 1. The molecule has 0 bridgehead atoms. The van der Waals surface area contributed by atoms with Crippen molar-refractivity contribution in [2.45, 2.75) is 14.4 Å². The van der Waals surface area contributed by atoms with E-state index in [4.69, 9.17) is 5.73 Å². The number of thioether (sulfide) groups is 2. The van der Waals surface area contributed by atoms with Crippen molar-refractivity contribution in [2.75, 3.05) is 17.3 Å². The molecular formula is C13H13N7S3. The molecule has 0 saturated heterocycles. The molecule has 0 radical (unpaired) electrons. The van der Waals surface area contributed by atoms with Crippen molar-refractivity contribution >= 4 is 52.4 Å². The van der Waals surface area contributed by atoms with Gasteiger partial charge in [-0.1, -0.05) is 53.1 Å². The lowest BCUT2D eigenvalue weighted by Gasteiger charge is -2.06. The monoisotopic (exact) mass is 363 g/mol. The van der Waals surface area contributed by atoms with Gasteiger partial charge in [-0.15, -0.1) is 10.2 Å². The van der Waals surface area contributed by atoms with Gasteiger partial charge in [0.2, 0.25) is 11.9 Å². The number of benzene rings is 1. The molecule has 0 spiro atoms. The van der Waals surface area contributed by atoms with Crippen molar-refractivity contribution < 1.29 is 0 Å². The van der Waals surface area contributed by atoms with E-state index in [2.05, 4.69) is 30.5 Å². The van der Waals surface area contributed by atoms with Gasteiger partial charge in [-0.2, -0.15) is 15.0 Å². The average molecular weight is 363 g/mol. The molecule has 0 aliphatic rings. The van der Waals surface area contributed by atoms with Crippen LogP contribution in [0.3, 0.4) is 0 Å². The van der Waals surface area contributed by atoms with Gasteiger partial charge >= 0.3 is 0 Å². The fraction of sp³-hybridized carbons (Fsp3) is 0.154. The van der Waals surface area contributed by atoms with Gasteiger partial charge in [0.1, 0.15) is 5.82 Å². The maximum absolute atomic E-state index is 5.77. The highest BCUT2D eigenvalue weighted by molar-refractivity contribution is 8.02. The Kier molecular flexibility index (Phi) is 5.26. The second kappa shape index (κ2) is 7.57. The third-order valence-electron chi connectivity index (χ3n) is 2.62. The lowest BCUT2D eigenvalue weighted by Crippen LogP contribution is -2.06. The van der Waals surface area contributed by atoms with Gasteiger partial charge in [0.15, 0.2) is 8.68 Å². The molecule has 0 saturated carbocycles. The van der Waals surface area contributed by atoms with Gasteiger partial charge in [0.25, 0.3) is 0 Å². The molecule has 3 aromatic rings. The van der Waals surface area contributed by atoms with Gasteiger partial charge in [-0.3, -0.25) is 0 Å². The minimum Gasteiger partial charge on any atom is -0.368 e. The van der Waals surface area contributed by atoms with Crippen LogP contribution in [0, 0.1) is 0 Å². The Morgan fingerprint density at radius 2 is 1.87 bits per heavy atom. The van der Waals surface area contributed by atoms with Gasteiger partial charge < -0.3 is 11.1 Å². The first-order valence-corrected chi connectivity index (χ1v) is 9.58. The van der Waals surface area contributed by atoms with Crippen LogP contribution in [0.2, 0.25) is 0 Å². The van der Waals surface area contributed by atoms with Crippen LogP contribution in [0.15, 0.2) is 39.0 Å². The van der Waals surface area contributed by atoms with E-state index >= 15 is 0 Å². The van der Waals surface area contributed by atoms with E-state index in [0.29, 0.717) is 17.5 Å². The molecule has 3 rings (SSSR count). The van der Waals surface area contributed by atoms with Crippen molar-refractivity contribution in [3.05, 3.63) is 36.2 Å². The zero-order valence-electron chi connectivity index (χ0n) is 12.1. The predicted octanol–water partition coefficient (Wildman–Crippen LogP) is 3.06. The zero-order chi connectivity index (χ0) is 16.1. The lowest BCUT2D eigenvalue weighted by atomic mass is 10.3. The Balaban J connectivity index is 1.69. The van der Waals surface area contributed by atoms with Gasteiger partial charge in [0, 0.05) is 5.69 Å². The Labute approximate surface area is 145 Å². The topological polar surface area (TPSA) is 102 Å². The number of anilines is 3.